The minimum Gasteiger partial charge on any atom is -0.478 e. The van der Waals surface area contributed by atoms with Gasteiger partial charge in [-0.05, 0) is 29.8 Å². The van der Waals surface area contributed by atoms with Crippen LogP contribution in [0, 0.1) is 0 Å². The summed E-state index contributed by atoms with van der Waals surface area (Å²) in [6.45, 7) is 0. The van der Waals surface area contributed by atoms with E-state index in [1.807, 2.05) is 0 Å². The lowest BCUT2D eigenvalue weighted by Gasteiger charge is -2.09. The first kappa shape index (κ1) is 17.3. The van der Waals surface area contributed by atoms with E-state index in [4.69, 9.17) is 9.84 Å². The topological polar surface area (TPSA) is 63.6 Å². The van der Waals surface area contributed by atoms with Crippen LogP contribution in [0.1, 0.15) is 31.8 Å². The Balaban J connectivity index is 2.19. The summed E-state index contributed by atoms with van der Waals surface area (Å²) in [6.07, 6.45) is -2.75. The summed E-state index contributed by atoms with van der Waals surface area (Å²) in [5.74, 6) is -2.29. The summed E-state index contributed by atoms with van der Waals surface area (Å²) in [4.78, 5) is 22.9. The van der Waals surface area contributed by atoms with E-state index in [9.17, 15) is 22.8 Å². The summed E-state index contributed by atoms with van der Waals surface area (Å²) in [7, 11) is 0. The van der Waals surface area contributed by atoms with Crippen molar-refractivity contribution in [1.29, 1.82) is 0 Å². The molecule has 0 fully saturated rings. The third-order valence-corrected chi connectivity index (χ3v) is 3.07. The van der Waals surface area contributed by atoms with Crippen molar-refractivity contribution < 1.29 is 32.6 Å². The molecular weight excluding hydrogens is 325 g/mol. The minimum atomic E-state index is -4.54. The second-order valence-corrected chi connectivity index (χ2v) is 4.64. The maximum atomic E-state index is 12.8. The second-order valence-electron chi connectivity index (χ2n) is 4.64. The monoisotopic (exact) mass is 336 g/mol. The molecule has 0 spiro atoms. The van der Waals surface area contributed by atoms with Crippen molar-refractivity contribution in [3.63, 3.8) is 0 Å². The molecule has 4 nitrogen and oxygen atoms in total. The van der Waals surface area contributed by atoms with Gasteiger partial charge < -0.3 is 9.84 Å². The fourth-order valence-electron chi connectivity index (χ4n) is 1.98. The summed E-state index contributed by atoms with van der Waals surface area (Å²) < 4.78 is 43.2. The summed E-state index contributed by atoms with van der Waals surface area (Å²) in [6, 6.07) is 10.2. The van der Waals surface area contributed by atoms with Crippen molar-refractivity contribution >= 4 is 18.0 Å². The SMILES string of the molecule is O=C(O)c1ccccc1C(=O)O/C=C/c1ccccc1C(F)(F)F. The van der Waals surface area contributed by atoms with E-state index in [1.165, 1.54) is 42.5 Å². The van der Waals surface area contributed by atoms with Gasteiger partial charge in [0.05, 0.1) is 23.0 Å². The Morgan fingerprint density at radius 2 is 1.54 bits per heavy atom. The van der Waals surface area contributed by atoms with Crippen LogP contribution in [-0.2, 0) is 10.9 Å². The van der Waals surface area contributed by atoms with E-state index in [1.54, 1.807) is 0 Å². The lowest BCUT2D eigenvalue weighted by molar-refractivity contribution is -0.137. The molecule has 0 aliphatic rings. The van der Waals surface area contributed by atoms with E-state index >= 15 is 0 Å². The summed E-state index contributed by atoms with van der Waals surface area (Å²) in [5, 5.41) is 8.99. The van der Waals surface area contributed by atoms with Gasteiger partial charge in [-0.1, -0.05) is 30.3 Å². The third-order valence-electron chi connectivity index (χ3n) is 3.07. The van der Waals surface area contributed by atoms with Crippen molar-refractivity contribution in [2.24, 2.45) is 0 Å². The molecule has 24 heavy (non-hydrogen) atoms. The standard InChI is InChI=1S/C17H11F3O4/c18-17(19,20)14-8-4-1-5-11(14)9-10-24-16(23)13-7-3-2-6-12(13)15(21)22/h1-10H,(H,21,22)/b10-9+. The molecule has 0 saturated heterocycles. The van der Waals surface area contributed by atoms with Crippen molar-refractivity contribution in [3.05, 3.63) is 77.0 Å². The van der Waals surface area contributed by atoms with Gasteiger partial charge in [-0.15, -0.1) is 0 Å². The molecule has 124 valence electrons. The van der Waals surface area contributed by atoms with Gasteiger partial charge in [0, 0.05) is 0 Å². The molecule has 0 amide bonds. The molecule has 2 aromatic carbocycles. The van der Waals surface area contributed by atoms with E-state index in [0.717, 1.165) is 18.4 Å². The van der Waals surface area contributed by atoms with Gasteiger partial charge in [0.25, 0.3) is 0 Å². The quantitative estimate of drug-likeness (QED) is 0.670. The number of esters is 1. The molecule has 7 heteroatoms. The molecule has 0 aromatic heterocycles. The van der Waals surface area contributed by atoms with Crippen molar-refractivity contribution in [2.75, 3.05) is 0 Å². The fraction of sp³-hybridized carbons (Fsp3) is 0.0588. The van der Waals surface area contributed by atoms with Gasteiger partial charge in [0.1, 0.15) is 0 Å². The van der Waals surface area contributed by atoms with E-state index in [0.29, 0.717) is 0 Å². The Hall–Kier alpha value is -3.09. The molecule has 0 aliphatic carbocycles. The first-order valence-corrected chi connectivity index (χ1v) is 6.67. The molecule has 2 aromatic rings. The van der Waals surface area contributed by atoms with Gasteiger partial charge >= 0.3 is 18.1 Å². The van der Waals surface area contributed by atoms with Gasteiger partial charge in [-0.25, -0.2) is 9.59 Å². The Kier molecular flexibility index (Phi) is 5.03. The molecular formula is C17H11F3O4. The smallest absolute Gasteiger partial charge is 0.416 e. The third kappa shape index (κ3) is 4.01. The van der Waals surface area contributed by atoms with E-state index in [2.05, 4.69) is 0 Å². The van der Waals surface area contributed by atoms with E-state index in [-0.39, 0.29) is 16.7 Å². The average molecular weight is 336 g/mol. The molecule has 2 rings (SSSR count). The van der Waals surface area contributed by atoms with Crippen LogP contribution in [0.5, 0.6) is 0 Å². The molecule has 0 bridgehead atoms. The van der Waals surface area contributed by atoms with Crippen LogP contribution in [0.2, 0.25) is 0 Å². The van der Waals surface area contributed by atoms with Crippen LogP contribution in [0.3, 0.4) is 0 Å². The first-order valence-electron chi connectivity index (χ1n) is 6.67. The van der Waals surface area contributed by atoms with Gasteiger partial charge in [0.2, 0.25) is 0 Å². The van der Waals surface area contributed by atoms with Crippen molar-refractivity contribution in [1.82, 2.24) is 0 Å². The van der Waals surface area contributed by atoms with Crippen LogP contribution in [0.25, 0.3) is 6.08 Å². The zero-order valence-electron chi connectivity index (χ0n) is 12.1. The molecule has 0 aliphatic heterocycles. The number of carbonyl (C=O) groups excluding carboxylic acids is 1. The van der Waals surface area contributed by atoms with Gasteiger partial charge in [0.15, 0.2) is 0 Å². The summed E-state index contributed by atoms with van der Waals surface area (Å²) in [5.41, 5.74) is -1.50. The Morgan fingerprint density at radius 3 is 2.17 bits per heavy atom. The lowest BCUT2D eigenvalue weighted by Crippen LogP contribution is -2.09. The molecule has 0 atom stereocenters. The fourth-order valence-corrected chi connectivity index (χ4v) is 1.98. The molecule has 0 unspecified atom stereocenters. The second kappa shape index (κ2) is 6.99. The Labute approximate surface area is 134 Å². The zero-order chi connectivity index (χ0) is 17.7. The normalized spacial score (nSPS) is 11.5. The number of carbonyl (C=O) groups is 2. The van der Waals surface area contributed by atoms with Crippen LogP contribution in [0.15, 0.2) is 54.8 Å². The summed E-state index contributed by atoms with van der Waals surface area (Å²) >= 11 is 0. The largest absolute Gasteiger partial charge is 0.478 e. The highest BCUT2D eigenvalue weighted by Crippen LogP contribution is 2.32. The number of ether oxygens (including phenoxy) is 1. The first-order chi connectivity index (χ1) is 11.3. The highest BCUT2D eigenvalue weighted by atomic mass is 19.4. The van der Waals surface area contributed by atoms with Crippen molar-refractivity contribution in [2.45, 2.75) is 6.18 Å². The van der Waals surface area contributed by atoms with Crippen LogP contribution in [-0.4, -0.2) is 17.0 Å². The Bertz CT molecular complexity index is 794. The predicted molar refractivity (Wildman–Crippen MR) is 79.3 cm³/mol. The number of halogens is 3. The Morgan fingerprint density at radius 1 is 0.958 bits per heavy atom. The predicted octanol–water partition coefficient (Wildman–Crippen LogP) is 4.23. The number of hydrogen-bond donors (Lipinski definition) is 1. The van der Waals surface area contributed by atoms with Crippen LogP contribution >= 0.6 is 0 Å². The maximum absolute atomic E-state index is 12.8. The zero-order valence-corrected chi connectivity index (χ0v) is 12.1. The lowest BCUT2D eigenvalue weighted by atomic mass is 10.1. The number of aromatic carboxylic acids is 1. The van der Waals surface area contributed by atoms with Crippen molar-refractivity contribution in [3.8, 4) is 0 Å². The molecule has 1 N–H and O–H groups in total. The van der Waals surface area contributed by atoms with Gasteiger partial charge in [-0.2, -0.15) is 13.2 Å². The number of alkyl halides is 3. The van der Waals surface area contributed by atoms with Crippen LogP contribution in [0.4, 0.5) is 13.2 Å². The highest BCUT2D eigenvalue weighted by molar-refractivity contribution is 6.02. The van der Waals surface area contributed by atoms with E-state index < -0.39 is 23.7 Å². The van der Waals surface area contributed by atoms with Gasteiger partial charge in [-0.3, -0.25) is 0 Å². The number of carboxylic acids is 1. The number of rotatable bonds is 4. The number of carboxylic acid groups (broad SMARTS) is 1. The van der Waals surface area contributed by atoms with Crippen LogP contribution < -0.4 is 0 Å². The maximum Gasteiger partial charge on any atom is 0.416 e. The number of hydrogen-bond acceptors (Lipinski definition) is 3. The average Bonchev–Trinajstić information content (AvgIpc) is 2.54. The highest BCUT2D eigenvalue weighted by Gasteiger charge is 2.32. The minimum absolute atomic E-state index is 0.177. The molecule has 0 radical (unpaired) electrons. The molecule has 0 saturated carbocycles. The number of benzene rings is 2. The molecule has 0 heterocycles.